The first-order valence-corrected chi connectivity index (χ1v) is 34.3. The predicted octanol–water partition coefficient (Wildman–Crippen LogP) is 25.4. The lowest BCUT2D eigenvalue weighted by molar-refractivity contribution is 0.301. The van der Waals surface area contributed by atoms with Crippen molar-refractivity contribution in [2.75, 3.05) is 11.5 Å². The van der Waals surface area contributed by atoms with Crippen LogP contribution in [-0.2, 0) is 16.2 Å². The number of anilines is 3. The van der Waals surface area contributed by atoms with Gasteiger partial charge in [0.15, 0.2) is 0 Å². The minimum Gasteiger partial charge on any atom is -0.494 e. The first kappa shape index (κ1) is 60.7. The summed E-state index contributed by atoms with van der Waals surface area (Å²) in [5.74, 6) is 0.887. The van der Waals surface area contributed by atoms with Crippen LogP contribution in [0.25, 0.3) is 106 Å². The summed E-state index contributed by atoms with van der Waals surface area (Å²) in [6.07, 6.45) is 6.59. The van der Waals surface area contributed by atoms with Gasteiger partial charge >= 0.3 is 0 Å². The zero-order chi connectivity index (χ0) is 66.0. The normalized spacial score (nSPS) is 14.2. The van der Waals surface area contributed by atoms with Gasteiger partial charge in [0.2, 0.25) is 0 Å². The van der Waals surface area contributed by atoms with Crippen LogP contribution in [0, 0.1) is 0 Å². The fourth-order valence-electron chi connectivity index (χ4n) is 15.7. The van der Waals surface area contributed by atoms with E-state index >= 15 is 0 Å². The Balaban J connectivity index is 0.738. The summed E-state index contributed by atoms with van der Waals surface area (Å²) in [6, 6.07) is 111. The molecule has 0 aliphatic heterocycles. The van der Waals surface area contributed by atoms with Crippen LogP contribution in [0.4, 0.5) is 17.1 Å². The van der Waals surface area contributed by atoms with Gasteiger partial charge in [0, 0.05) is 44.4 Å². The number of ether oxygens (including phenoxy) is 1. The molecular weight excluding hydrogens is 1170 g/mol. The van der Waals surface area contributed by atoms with Gasteiger partial charge in [-0.1, -0.05) is 260 Å². The van der Waals surface area contributed by atoms with Crippen molar-refractivity contribution in [3.63, 3.8) is 0 Å². The van der Waals surface area contributed by atoms with Crippen LogP contribution in [-0.4, -0.2) is 11.2 Å². The third-order valence-electron chi connectivity index (χ3n) is 20.9. The molecular formula is C94H78N2O. The number of benzene rings is 13. The van der Waals surface area contributed by atoms with Gasteiger partial charge in [-0.3, -0.25) is 0 Å². The Hall–Kier alpha value is -11.3. The highest BCUT2D eigenvalue weighted by Crippen LogP contribution is 2.57. The van der Waals surface area contributed by atoms with Crippen LogP contribution in [0.15, 0.2) is 310 Å². The Labute approximate surface area is 571 Å². The first-order valence-electron chi connectivity index (χ1n) is 34.3. The van der Waals surface area contributed by atoms with E-state index in [-0.39, 0.29) is 16.2 Å². The Morgan fingerprint density at radius 3 is 1.40 bits per heavy atom. The molecule has 470 valence electrons. The number of hydrogen-bond donors (Lipinski definition) is 0. The number of hydrogen-bond acceptors (Lipinski definition) is 2. The molecule has 1 atom stereocenters. The van der Waals surface area contributed by atoms with E-state index in [9.17, 15) is 0 Å². The summed E-state index contributed by atoms with van der Waals surface area (Å²) >= 11 is 0. The Bertz CT molecular complexity index is 5300. The highest BCUT2D eigenvalue weighted by Gasteiger charge is 2.45. The lowest BCUT2D eigenvalue weighted by atomic mass is 9.69. The zero-order valence-electron chi connectivity index (χ0n) is 56.0. The highest BCUT2D eigenvalue weighted by molar-refractivity contribution is 6.12. The monoisotopic (exact) mass is 1250 g/mol. The average molecular weight is 1250 g/mol. The van der Waals surface area contributed by atoms with Crippen LogP contribution in [0.2, 0.25) is 0 Å². The van der Waals surface area contributed by atoms with E-state index < -0.39 is 0 Å². The molecule has 2 aliphatic carbocycles. The van der Waals surface area contributed by atoms with Gasteiger partial charge in [0.05, 0.1) is 17.6 Å². The van der Waals surface area contributed by atoms with E-state index in [4.69, 9.17) is 4.74 Å². The van der Waals surface area contributed by atoms with Gasteiger partial charge in [-0.05, 0) is 233 Å². The molecule has 3 heteroatoms. The van der Waals surface area contributed by atoms with E-state index in [1.54, 1.807) is 0 Å². The lowest BCUT2D eigenvalue weighted by Gasteiger charge is -2.34. The summed E-state index contributed by atoms with van der Waals surface area (Å²) < 4.78 is 8.76. The molecule has 16 rings (SSSR count). The molecule has 0 amide bonds. The molecule has 0 radical (unpaired) electrons. The summed E-state index contributed by atoms with van der Waals surface area (Å²) in [4.78, 5) is 2.46. The number of aromatic nitrogens is 1. The molecule has 0 saturated carbocycles. The molecule has 97 heavy (non-hydrogen) atoms. The van der Waals surface area contributed by atoms with Crippen molar-refractivity contribution in [3.8, 4) is 78.2 Å². The smallest absolute Gasteiger partial charge is 0.119 e. The number of unbranched alkanes of at least 4 members (excludes halogenated alkanes) is 1. The van der Waals surface area contributed by atoms with Crippen LogP contribution >= 0.6 is 0 Å². The van der Waals surface area contributed by atoms with Crippen molar-refractivity contribution < 1.29 is 4.74 Å². The SMILES string of the molecule is C=Cc1ccc(OCCCCC2(c3ccccc3)c3ccccc3-c3ccc(N(c4ccc(-c5ccc(C(C)(C)C)cc5)cc4)c4ccc(-c5ccc6c(c5)C(C)(C)c5cc(-c7ccc8c(c7)c7cc(-c9ccc(C=C)cc9)ccc7n8-c7ccccc7)ccc5-6)cc4)cc32)cc1. The second-order valence-corrected chi connectivity index (χ2v) is 28.0. The van der Waals surface area contributed by atoms with Gasteiger partial charge in [-0.25, -0.2) is 0 Å². The molecule has 3 nitrogen and oxygen atoms in total. The van der Waals surface area contributed by atoms with Crippen molar-refractivity contribution in [2.24, 2.45) is 0 Å². The molecule has 1 aromatic heterocycles. The van der Waals surface area contributed by atoms with E-state index in [0.717, 1.165) is 58.9 Å². The fraction of sp³-hybridized carbons (Fsp3) is 0.128. The third kappa shape index (κ3) is 10.8. The minimum absolute atomic E-state index is 0.0777. The molecule has 1 unspecified atom stereocenters. The third-order valence-corrected chi connectivity index (χ3v) is 20.9. The minimum atomic E-state index is -0.388. The Morgan fingerprint density at radius 2 is 0.825 bits per heavy atom. The maximum absolute atomic E-state index is 6.35. The maximum Gasteiger partial charge on any atom is 0.119 e. The van der Waals surface area contributed by atoms with Gasteiger partial charge in [-0.15, -0.1) is 0 Å². The van der Waals surface area contributed by atoms with Crippen molar-refractivity contribution in [1.29, 1.82) is 0 Å². The summed E-state index contributed by atoms with van der Waals surface area (Å²) in [7, 11) is 0. The topological polar surface area (TPSA) is 17.4 Å². The van der Waals surface area contributed by atoms with E-state index in [1.165, 1.54) is 122 Å². The van der Waals surface area contributed by atoms with Crippen molar-refractivity contribution in [2.45, 2.75) is 70.1 Å². The molecule has 2 aliphatic rings. The Morgan fingerprint density at radius 1 is 0.392 bits per heavy atom. The Kier molecular flexibility index (Phi) is 15.3. The van der Waals surface area contributed by atoms with Gasteiger partial charge in [-0.2, -0.15) is 0 Å². The molecule has 1 heterocycles. The van der Waals surface area contributed by atoms with Gasteiger partial charge in [0.1, 0.15) is 5.75 Å². The maximum atomic E-state index is 6.35. The van der Waals surface area contributed by atoms with Crippen LogP contribution in [0.3, 0.4) is 0 Å². The van der Waals surface area contributed by atoms with Gasteiger partial charge < -0.3 is 14.2 Å². The van der Waals surface area contributed by atoms with E-state index in [0.29, 0.717) is 6.61 Å². The van der Waals surface area contributed by atoms with E-state index in [1.807, 2.05) is 24.3 Å². The molecule has 0 spiro atoms. The standard InChI is InChI=1S/C94H78N2O/c1-8-63-26-30-67(31-27-63)69-40-54-90-84(58-69)85-59-70(41-55-91(85)96(90)75-22-14-11-15-23-75)72-39-52-82-81-51-38-71(60-87(81)93(6,7)88(82)61-72)68-36-46-77(47-37-68)95(76-44-34-66(35-45-76)65-32-42-73(43-33-65)92(3,4)5)78-48-53-83-80-24-16-17-25-86(80)94(89(83)62-78,74-20-12-10-13-21-74)56-18-19-57-97-79-49-28-64(9-2)29-50-79/h8-17,20-55,58-62H,1-2,18-19,56-57H2,3-7H3. The number of nitrogens with zero attached hydrogens (tertiary/aromatic N) is 2. The molecule has 0 saturated heterocycles. The van der Waals surface area contributed by atoms with E-state index in [2.05, 4.69) is 342 Å². The van der Waals surface area contributed by atoms with Crippen LogP contribution < -0.4 is 9.64 Å². The zero-order valence-corrected chi connectivity index (χ0v) is 56.0. The fourth-order valence-corrected chi connectivity index (χ4v) is 15.7. The summed E-state index contributed by atoms with van der Waals surface area (Å²) in [5.41, 5.74) is 31.3. The van der Waals surface area contributed by atoms with Crippen molar-refractivity contribution in [3.05, 3.63) is 355 Å². The van der Waals surface area contributed by atoms with Crippen LogP contribution in [0.5, 0.6) is 5.75 Å². The molecule has 14 aromatic rings. The molecule has 13 aromatic carbocycles. The second-order valence-electron chi connectivity index (χ2n) is 28.0. The highest BCUT2D eigenvalue weighted by atomic mass is 16.5. The molecule has 0 fully saturated rings. The average Bonchev–Trinajstić information content (AvgIpc) is 1.56. The quantitative estimate of drug-likeness (QED) is 0.0846. The van der Waals surface area contributed by atoms with Crippen LogP contribution in [0.1, 0.15) is 98.4 Å². The first-order chi connectivity index (χ1) is 47.3. The molecule has 0 bridgehead atoms. The van der Waals surface area contributed by atoms with Gasteiger partial charge in [0.25, 0.3) is 0 Å². The van der Waals surface area contributed by atoms with Crippen molar-refractivity contribution in [1.82, 2.24) is 4.57 Å². The predicted molar refractivity (Wildman–Crippen MR) is 411 cm³/mol. The number of para-hydroxylation sites is 1. The summed E-state index contributed by atoms with van der Waals surface area (Å²) in [6.45, 7) is 20.2. The summed E-state index contributed by atoms with van der Waals surface area (Å²) in [5, 5.41) is 2.47. The number of fused-ring (bicyclic) bond motifs is 9. The second kappa shape index (κ2) is 24.5. The lowest BCUT2D eigenvalue weighted by Crippen LogP contribution is -2.27. The van der Waals surface area contributed by atoms with Crippen molar-refractivity contribution >= 4 is 51.0 Å². The number of rotatable bonds is 17. The molecule has 0 N–H and O–H groups in total. The largest absolute Gasteiger partial charge is 0.494 e.